The topological polar surface area (TPSA) is 78.8 Å². The molecule has 1 amide bonds. The number of hydrazone groups is 1. The van der Waals surface area contributed by atoms with Crippen LogP contribution >= 0.6 is 11.6 Å². The lowest BCUT2D eigenvalue weighted by atomic mass is 10.2. The van der Waals surface area contributed by atoms with Crippen molar-refractivity contribution in [3.63, 3.8) is 0 Å². The van der Waals surface area contributed by atoms with Crippen LogP contribution in [0.5, 0.6) is 0 Å². The molecule has 0 spiro atoms. The van der Waals surface area contributed by atoms with Crippen molar-refractivity contribution in [3.05, 3.63) is 94.5 Å². The minimum absolute atomic E-state index is 0.223. The molecule has 11 heteroatoms. The minimum Gasteiger partial charge on any atom is -0.271 e. The van der Waals surface area contributed by atoms with Crippen LogP contribution in [0.25, 0.3) is 0 Å². The van der Waals surface area contributed by atoms with Gasteiger partial charge in [-0.3, -0.25) is 9.10 Å². The first kappa shape index (κ1) is 25.3. The fourth-order valence-electron chi connectivity index (χ4n) is 2.99. The lowest BCUT2D eigenvalue weighted by molar-refractivity contribution is -0.137. The van der Waals surface area contributed by atoms with Crippen LogP contribution in [0.3, 0.4) is 0 Å². The van der Waals surface area contributed by atoms with Crippen LogP contribution in [0, 0.1) is 6.92 Å². The Hall–Kier alpha value is -3.37. The predicted molar refractivity (Wildman–Crippen MR) is 124 cm³/mol. The molecule has 0 aliphatic rings. The number of rotatable bonds is 7. The zero-order valence-corrected chi connectivity index (χ0v) is 19.3. The summed E-state index contributed by atoms with van der Waals surface area (Å²) in [5.74, 6) is -0.878. The van der Waals surface area contributed by atoms with Gasteiger partial charge < -0.3 is 0 Å². The number of sulfonamides is 1. The Balaban J connectivity index is 1.95. The average Bonchev–Trinajstić information content (AvgIpc) is 2.78. The molecule has 0 aromatic heterocycles. The third-order valence-electron chi connectivity index (χ3n) is 4.61. The van der Waals surface area contributed by atoms with E-state index in [1.54, 1.807) is 18.2 Å². The van der Waals surface area contributed by atoms with E-state index < -0.39 is 39.9 Å². The highest BCUT2D eigenvalue weighted by Crippen LogP contribution is 2.37. The number of nitrogens with one attached hydrogen (secondary N) is 1. The Bertz CT molecular complexity index is 1310. The van der Waals surface area contributed by atoms with Crippen LogP contribution in [0.1, 0.15) is 16.7 Å². The van der Waals surface area contributed by atoms with Crippen molar-refractivity contribution in [1.82, 2.24) is 5.43 Å². The molecule has 3 rings (SSSR count). The lowest BCUT2D eigenvalue weighted by Crippen LogP contribution is -2.40. The lowest BCUT2D eigenvalue weighted by Gasteiger charge is -2.25. The molecule has 0 atom stereocenters. The molecule has 178 valence electrons. The van der Waals surface area contributed by atoms with Gasteiger partial charge in [0.1, 0.15) is 6.54 Å². The summed E-state index contributed by atoms with van der Waals surface area (Å²) in [5, 5.41) is 3.53. The summed E-state index contributed by atoms with van der Waals surface area (Å²) in [5.41, 5.74) is 2.25. The highest BCUT2D eigenvalue weighted by Gasteiger charge is 2.34. The van der Waals surface area contributed by atoms with E-state index >= 15 is 0 Å². The van der Waals surface area contributed by atoms with Crippen LogP contribution in [0.4, 0.5) is 18.9 Å². The fraction of sp³-hybridized carbons (Fsp3) is 0.130. The number of hydrogen-bond donors (Lipinski definition) is 1. The highest BCUT2D eigenvalue weighted by atomic mass is 35.5. The Morgan fingerprint density at radius 1 is 1.06 bits per heavy atom. The van der Waals surface area contributed by atoms with Gasteiger partial charge in [0, 0.05) is 0 Å². The highest BCUT2D eigenvalue weighted by molar-refractivity contribution is 7.92. The molecule has 6 nitrogen and oxygen atoms in total. The van der Waals surface area contributed by atoms with Gasteiger partial charge in [-0.2, -0.15) is 18.3 Å². The molecule has 0 saturated carbocycles. The van der Waals surface area contributed by atoms with E-state index in [1.807, 2.05) is 19.1 Å². The van der Waals surface area contributed by atoms with Crippen molar-refractivity contribution >= 4 is 39.4 Å². The molecule has 0 aliphatic heterocycles. The van der Waals surface area contributed by atoms with Crippen LogP contribution < -0.4 is 9.73 Å². The Kier molecular flexibility index (Phi) is 7.63. The first-order valence-corrected chi connectivity index (χ1v) is 11.6. The fourth-order valence-corrected chi connectivity index (χ4v) is 4.72. The SMILES string of the molecule is Cc1cccc(/C=N/NC(=O)CN(c2cc(C(F)(F)F)ccc2Cl)S(=O)(=O)c2ccccc2)c1. The molecular weight excluding hydrogens is 491 g/mol. The van der Waals surface area contributed by atoms with Crippen LogP contribution in [-0.2, 0) is 21.0 Å². The Morgan fingerprint density at radius 2 is 1.76 bits per heavy atom. The molecule has 0 radical (unpaired) electrons. The van der Waals surface area contributed by atoms with E-state index in [0.29, 0.717) is 15.9 Å². The zero-order valence-electron chi connectivity index (χ0n) is 17.8. The smallest absolute Gasteiger partial charge is 0.271 e. The standard InChI is InChI=1S/C23H19ClF3N3O3S/c1-16-6-5-7-17(12-16)14-28-29-22(31)15-30(34(32,33)19-8-3-2-4-9-19)21-13-18(23(25,26)27)10-11-20(21)24/h2-14H,15H2,1H3,(H,29,31)/b28-14+. The number of alkyl halides is 3. The molecule has 0 saturated heterocycles. The molecule has 0 unspecified atom stereocenters. The van der Waals surface area contributed by atoms with Gasteiger partial charge in [0.2, 0.25) is 0 Å². The van der Waals surface area contributed by atoms with Gasteiger partial charge in [-0.15, -0.1) is 0 Å². The van der Waals surface area contributed by atoms with Gasteiger partial charge in [-0.05, 0) is 42.8 Å². The number of halogens is 4. The van der Waals surface area contributed by atoms with Crippen LogP contribution in [-0.4, -0.2) is 27.1 Å². The third kappa shape index (κ3) is 6.15. The maximum atomic E-state index is 13.3. The first-order valence-electron chi connectivity index (χ1n) is 9.81. The van der Waals surface area contributed by atoms with Gasteiger partial charge >= 0.3 is 6.18 Å². The van der Waals surface area contributed by atoms with E-state index in [1.165, 1.54) is 30.5 Å². The average molecular weight is 510 g/mol. The molecule has 34 heavy (non-hydrogen) atoms. The summed E-state index contributed by atoms with van der Waals surface area (Å²) >= 11 is 6.08. The summed E-state index contributed by atoms with van der Waals surface area (Å²) in [6, 6.07) is 16.5. The number of anilines is 1. The summed E-state index contributed by atoms with van der Waals surface area (Å²) < 4.78 is 67.0. The Morgan fingerprint density at radius 3 is 2.41 bits per heavy atom. The van der Waals surface area contributed by atoms with Crippen LogP contribution in [0.15, 0.2) is 82.8 Å². The molecule has 0 heterocycles. The second kappa shape index (κ2) is 10.3. The van der Waals surface area contributed by atoms with Crippen molar-refractivity contribution < 1.29 is 26.4 Å². The molecule has 0 aliphatic carbocycles. The van der Waals surface area contributed by atoms with Gasteiger partial charge in [0.05, 0.1) is 27.4 Å². The van der Waals surface area contributed by atoms with Gasteiger partial charge in [0.25, 0.3) is 15.9 Å². The number of amides is 1. The minimum atomic E-state index is -4.75. The van der Waals surface area contributed by atoms with E-state index in [4.69, 9.17) is 11.6 Å². The second-order valence-corrected chi connectivity index (χ2v) is 9.47. The molecule has 1 N–H and O–H groups in total. The number of hydrogen-bond acceptors (Lipinski definition) is 4. The molecule has 0 bridgehead atoms. The van der Waals surface area contributed by atoms with Crippen LogP contribution in [0.2, 0.25) is 5.02 Å². The molecule has 3 aromatic carbocycles. The number of nitrogens with zero attached hydrogens (tertiary/aromatic N) is 2. The van der Waals surface area contributed by atoms with E-state index in [9.17, 15) is 26.4 Å². The van der Waals surface area contributed by atoms with Crippen molar-refractivity contribution in [2.75, 3.05) is 10.8 Å². The first-order chi connectivity index (χ1) is 16.0. The monoisotopic (exact) mass is 509 g/mol. The molecular formula is C23H19ClF3N3O3S. The van der Waals surface area contributed by atoms with Crippen molar-refractivity contribution in [2.45, 2.75) is 18.0 Å². The zero-order chi connectivity index (χ0) is 24.9. The number of carbonyl (C=O) groups is 1. The largest absolute Gasteiger partial charge is 0.416 e. The quantitative estimate of drug-likeness (QED) is 0.359. The molecule has 0 fully saturated rings. The van der Waals surface area contributed by atoms with E-state index in [2.05, 4.69) is 10.5 Å². The van der Waals surface area contributed by atoms with Gasteiger partial charge in [0.15, 0.2) is 0 Å². The maximum absolute atomic E-state index is 13.3. The Labute approximate surface area is 199 Å². The predicted octanol–water partition coefficient (Wildman–Crippen LogP) is 5.01. The number of carbonyl (C=O) groups excluding carboxylic acids is 1. The van der Waals surface area contributed by atoms with Gasteiger partial charge in [-0.25, -0.2) is 13.8 Å². The van der Waals surface area contributed by atoms with Crippen molar-refractivity contribution in [3.8, 4) is 0 Å². The van der Waals surface area contributed by atoms with E-state index in [0.717, 1.165) is 17.7 Å². The van der Waals surface area contributed by atoms with Crippen molar-refractivity contribution in [2.24, 2.45) is 5.10 Å². The number of aryl methyl sites for hydroxylation is 1. The summed E-state index contributed by atoms with van der Waals surface area (Å²) in [7, 11) is -4.45. The summed E-state index contributed by atoms with van der Waals surface area (Å²) in [6.45, 7) is 1.02. The molecule has 3 aromatic rings. The normalized spacial score (nSPS) is 12.0. The summed E-state index contributed by atoms with van der Waals surface area (Å²) in [6.07, 6.45) is -3.39. The van der Waals surface area contributed by atoms with Crippen molar-refractivity contribution in [1.29, 1.82) is 0 Å². The second-order valence-electron chi connectivity index (χ2n) is 7.20. The third-order valence-corrected chi connectivity index (χ3v) is 6.70. The van der Waals surface area contributed by atoms with Gasteiger partial charge in [-0.1, -0.05) is 59.6 Å². The summed E-state index contributed by atoms with van der Waals surface area (Å²) in [4.78, 5) is 12.3. The maximum Gasteiger partial charge on any atom is 0.416 e. The number of benzene rings is 3. The van der Waals surface area contributed by atoms with E-state index in [-0.39, 0.29) is 9.92 Å².